The first-order valence-electron chi connectivity index (χ1n) is 8.37. The molecule has 2 N–H and O–H groups in total. The van der Waals surface area contributed by atoms with E-state index in [0.29, 0.717) is 18.1 Å². The van der Waals surface area contributed by atoms with Gasteiger partial charge in [0.1, 0.15) is 12.4 Å². The average Bonchev–Trinajstić information content (AvgIpc) is 2.71. The molecular formula is C19H20N2O5S. The lowest BCUT2D eigenvalue weighted by Gasteiger charge is -2.26. The van der Waals surface area contributed by atoms with Crippen molar-refractivity contribution in [3.8, 4) is 17.2 Å². The highest BCUT2D eigenvalue weighted by Crippen LogP contribution is 2.30. The number of hydrogen-bond donors (Lipinski definition) is 2. The molecule has 0 spiro atoms. The monoisotopic (exact) mass is 388 g/mol. The second kappa shape index (κ2) is 9.18. The van der Waals surface area contributed by atoms with Crippen LogP contribution >= 0.6 is 11.8 Å². The van der Waals surface area contributed by atoms with Gasteiger partial charge in [0, 0.05) is 4.90 Å². The summed E-state index contributed by atoms with van der Waals surface area (Å²) in [5.41, 5.74) is 0. The van der Waals surface area contributed by atoms with Crippen molar-refractivity contribution in [3.05, 3.63) is 48.5 Å². The van der Waals surface area contributed by atoms with E-state index in [1.54, 1.807) is 7.11 Å². The third-order valence-electron chi connectivity index (χ3n) is 3.74. The molecule has 0 saturated carbocycles. The van der Waals surface area contributed by atoms with E-state index < -0.39 is 6.03 Å². The first-order chi connectivity index (χ1) is 13.1. The third kappa shape index (κ3) is 5.55. The molecule has 1 atom stereocenters. The Morgan fingerprint density at radius 3 is 2.63 bits per heavy atom. The molecule has 142 valence electrons. The fourth-order valence-electron chi connectivity index (χ4n) is 2.40. The van der Waals surface area contributed by atoms with Crippen LogP contribution in [0.5, 0.6) is 17.2 Å². The van der Waals surface area contributed by atoms with Crippen molar-refractivity contribution in [2.24, 2.45) is 0 Å². The van der Waals surface area contributed by atoms with Crippen LogP contribution in [0, 0.1) is 0 Å². The van der Waals surface area contributed by atoms with Crippen LogP contribution in [0.4, 0.5) is 4.79 Å². The molecule has 0 radical (unpaired) electrons. The molecule has 0 saturated heterocycles. The van der Waals surface area contributed by atoms with Gasteiger partial charge in [-0.1, -0.05) is 12.1 Å². The zero-order valence-electron chi connectivity index (χ0n) is 14.8. The Morgan fingerprint density at radius 1 is 1.15 bits per heavy atom. The van der Waals surface area contributed by atoms with Gasteiger partial charge < -0.3 is 19.5 Å². The summed E-state index contributed by atoms with van der Waals surface area (Å²) in [4.78, 5) is 24.7. The maximum Gasteiger partial charge on any atom is 0.321 e. The molecule has 1 heterocycles. The Kier molecular flexibility index (Phi) is 6.43. The molecule has 1 aliphatic heterocycles. The fourth-order valence-corrected chi connectivity index (χ4v) is 3.10. The molecule has 7 nitrogen and oxygen atoms in total. The van der Waals surface area contributed by atoms with Gasteiger partial charge in [-0.15, -0.1) is 11.8 Å². The minimum Gasteiger partial charge on any atom is -0.497 e. The van der Waals surface area contributed by atoms with Crippen LogP contribution in [0.15, 0.2) is 53.4 Å². The highest BCUT2D eigenvalue weighted by Gasteiger charge is 2.21. The van der Waals surface area contributed by atoms with Crippen LogP contribution in [-0.2, 0) is 4.79 Å². The van der Waals surface area contributed by atoms with Crippen molar-refractivity contribution in [1.29, 1.82) is 0 Å². The summed E-state index contributed by atoms with van der Waals surface area (Å²) in [6.07, 6.45) is -0.311. The van der Waals surface area contributed by atoms with Crippen LogP contribution in [0.1, 0.15) is 0 Å². The zero-order chi connectivity index (χ0) is 19.1. The summed E-state index contributed by atoms with van der Waals surface area (Å²) in [5, 5.41) is 4.93. The van der Waals surface area contributed by atoms with Gasteiger partial charge in [-0.05, 0) is 36.4 Å². The number of imide groups is 1. The standard InChI is InChI=1S/C19H20N2O5S/c1-24-13-6-8-15(9-7-13)27-12-18(22)21-19(23)20-10-14-11-25-16-4-2-3-5-17(16)26-14/h2-9,14H,10-12H2,1H3,(H2,20,21,22,23)/t14-/m0/s1. The predicted octanol–water partition coefficient (Wildman–Crippen LogP) is 2.45. The largest absolute Gasteiger partial charge is 0.497 e. The van der Waals surface area contributed by atoms with Crippen LogP contribution in [0.2, 0.25) is 0 Å². The van der Waals surface area contributed by atoms with E-state index in [0.717, 1.165) is 10.6 Å². The van der Waals surface area contributed by atoms with E-state index in [1.165, 1.54) is 11.8 Å². The quantitative estimate of drug-likeness (QED) is 0.740. The van der Waals surface area contributed by atoms with Gasteiger partial charge in [-0.3, -0.25) is 10.1 Å². The average molecular weight is 388 g/mol. The number of methoxy groups -OCH3 is 1. The molecule has 3 amide bonds. The highest BCUT2D eigenvalue weighted by atomic mass is 32.2. The molecule has 0 aromatic heterocycles. The number of ether oxygens (including phenoxy) is 3. The van der Waals surface area contributed by atoms with E-state index in [-0.39, 0.29) is 24.3 Å². The summed E-state index contributed by atoms with van der Waals surface area (Å²) >= 11 is 1.34. The van der Waals surface area contributed by atoms with Gasteiger partial charge in [-0.2, -0.15) is 0 Å². The zero-order valence-corrected chi connectivity index (χ0v) is 15.6. The number of rotatable bonds is 6. The van der Waals surface area contributed by atoms with Crippen molar-refractivity contribution < 1.29 is 23.8 Å². The SMILES string of the molecule is COc1ccc(SCC(=O)NC(=O)NC[C@H]2COc3ccccc3O2)cc1. The number of carbonyl (C=O) groups is 2. The number of benzene rings is 2. The van der Waals surface area contributed by atoms with Crippen molar-refractivity contribution >= 4 is 23.7 Å². The molecule has 0 bridgehead atoms. The number of amides is 3. The van der Waals surface area contributed by atoms with Gasteiger partial charge in [-0.25, -0.2) is 4.79 Å². The number of nitrogens with one attached hydrogen (secondary N) is 2. The van der Waals surface area contributed by atoms with Crippen LogP contribution in [0.25, 0.3) is 0 Å². The van der Waals surface area contributed by atoms with Gasteiger partial charge in [0.05, 0.1) is 19.4 Å². The first-order valence-corrected chi connectivity index (χ1v) is 9.35. The van der Waals surface area contributed by atoms with E-state index >= 15 is 0 Å². The Labute approximate surface area is 161 Å². The number of carbonyl (C=O) groups excluding carboxylic acids is 2. The summed E-state index contributed by atoms with van der Waals surface area (Å²) < 4.78 is 16.4. The molecule has 2 aromatic carbocycles. The topological polar surface area (TPSA) is 85.9 Å². The Morgan fingerprint density at radius 2 is 1.89 bits per heavy atom. The van der Waals surface area contributed by atoms with E-state index in [9.17, 15) is 9.59 Å². The molecule has 27 heavy (non-hydrogen) atoms. The van der Waals surface area contributed by atoms with Gasteiger partial charge >= 0.3 is 6.03 Å². The lowest BCUT2D eigenvalue weighted by atomic mass is 10.2. The minimum atomic E-state index is -0.558. The van der Waals surface area contributed by atoms with Crippen molar-refractivity contribution in [1.82, 2.24) is 10.6 Å². The Hall–Kier alpha value is -2.87. The molecule has 0 fully saturated rings. The minimum absolute atomic E-state index is 0.135. The molecule has 0 aliphatic carbocycles. The van der Waals surface area contributed by atoms with Gasteiger partial charge in [0.25, 0.3) is 0 Å². The van der Waals surface area contributed by atoms with E-state index in [4.69, 9.17) is 14.2 Å². The summed E-state index contributed by atoms with van der Waals surface area (Å²) in [6, 6.07) is 14.1. The summed E-state index contributed by atoms with van der Waals surface area (Å²) in [6.45, 7) is 0.567. The fraction of sp³-hybridized carbons (Fsp3) is 0.263. The third-order valence-corrected chi connectivity index (χ3v) is 4.75. The van der Waals surface area contributed by atoms with Gasteiger partial charge in [0.2, 0.25) is 5.91 Å². The Balaban J connectivity index is 1.37. The highest BCUT2D eigenvalue weighted by molar-refractivity contribution is 8.00. The predicted molar refractivity (Wildman–Crippen MR) is 102 cm³/mol. The second-order valence-electron chi connectivity index (χ2n) is 5.72. The van der Waals surface area contributed by atoms with E-state index in [2.05, 4.69) is 10.6 Å². The lowest BCUT2D eigenvalue weighted by Crippen LogP contribution is -2.46. The molecule has 3 rings (SSSR count). The van der Waals surface area contributed by atoms with E-state index in [1.807, 2.05) is 48.5 Å². The summed E-state index contributed by atoms with van der Waals surface area (Å²) in [7, 11) is 1.59. The number of urea groups is 1. The van der Waals surface area contributed by atoms with Crippen molar-refractivity contribution in [3.63, 3.8) is 0 Å². The normalized spacial score (nSPS) is 14.9. The number of thioether (sulfide) groups is 1. The Bertz CT molecular complexity index is 797. The lowest BCUT2D eigenvalue weighted by molar-refractivity contribution is -0.117. The first kappa shape index (κ1) is 18.9. The molecular weight excluding hydrogens is 368 g/mol. The molecule has 0 unspecified atom stereocenters. The van der Waals surface area contributed by atoms with Crippen LogP contribution < -0.4 is 24.8 Å². The number of hydrogen-bond acceptors (Lipinski definition) is 6. The van der Waals surface area contributed by atoms with Gasteiger partial charge in [0.15, 0.2) is 17.6 Å². The maximum absolute atomic E-state index is 11.9. The molecule has 8 heteroatoms. The van der Waals surface area contributed by atoms with Crippen molar-refractivity contribution in [2.45, 2.75) is 11.0 Å². The summed E-state index contributed by atoms with van der Waals surface area (Å²) in [5.74, 6) is 1.84. The van der Waals surface area contributed by atoms with Crippen LogP contribution in [-0.4, -0.2) is 44.1 Å². The number of para-hydroxylation sites is 2. The maximum atomic E-state index is 11.9. The molecule has 2 aromatic rings. The van der Waals surface area contributed by atoms with Crippen molar-refractivity contribution in [2.75, 3.05) is 26.0 Å². The van der Waals surface area contributed by atoms with Crippen LogP contribution in [0.3, 0.4) is 0 Å². The number of fused-ring (bicyclic) bond motifs is 1. The smallest absolute Gasteiger partial charge is 0.321 e. The second-order valence-corrected chi connectivity index (χ2v) is 6.77. The molecule has 1 aliphatic rings.